The maximum atomic E-state index is 4.65. The maximum absolute atomic E-state index is 4.65. The molecule has 27 heavy (non-hydrogen) atoms. The van der Waals surface area contributed by atoms with Crippen LogP contribution >= 0.6 is 0 Å². The van der Waals surface area contributed by atoms with Crippen LogP contribution in [-0.2, 0) is 13.1 Å². The minimum Gasteiger partial charge on any atom is -0.306 e. The molecule has 1 N–H and O–H groups in total. The van der Waals surface area contributed by atoms with Gasteiger partial charge < -0.3 is 5.32 Å². The molecule has 1 aliphatic carbocycles. The van der Waals surface area contributed by atoms with Crippen molar-refractivity contribution in [2.45, 2.75) is 57.5 Å². The molecule has 0 bridgehead atoms. The largest absolute Gasteiger partial charge is 0.306 e. The lowest BCUT2D eigenvalue weighted by Gasteiger charge is -2.29. The van der Waals surface area contributed by atoms with E-state index < -0.39 is 0 Å². The van der Waals surface area contributed by atoms with Crippen molar-refractivity contribution in [2.24, 2.45) is 0 Å². The molecule has 4 heteroatoms. The van der Waals surface area contributed by atoms with Gasteiger partial charge in [-0.3, -0.25) is 4.57 Å². The van der Waals surface area contributed by atoms with Crippen molar-refractivity contribution in [2.75, 3.05) is 0 Å². The number of benzene rings is 2. The predicted octanol–water partition coefficient (Wildman–Crippen LogP) is 4.62. The topological polar surface area (TPSA) is 42.7 Å². The average molecular weight is 358 g/mol. The highest BCUT2D eigenvalue weighted by atomic mass is 15.3. The van der Waals surface area contributed by atoms with E-state index in [0.717, 1.165) is 24.7 Å². The van der Waals surface area contributed by atoms with Gasteiger partial charge in [0.1, 0.15) is 5.82 Å². The highest BCUT2D eigenvalue weighted by Gasteiger charge is 2.29. The fourth-order valence-electron chi connectivity index (χ4n) is 4.87. The highest BCUT2D eigenvalue weighted by molar-refractivity contribution is 5.44. The van der Waals surface area contributed by atoms with E-state index in [-0.39, 0.29) is 0 Å². The smallest absolute Gasteiger partial charge is 0.151 e. The molecule has 2 aliphatic rings. The van der Waals surface area contributed by atoms with Gasteiger partial charge in [0, 0.05) is 12.5 Å². The van der Waals surface area contributed by atoms with E-state index in [1.807, 2.05) is 0 Å². The Hall–Kier alpha value is -2.46. The van der Waals surface area contributed by atoms with E-state index in [1.54, 1.807) is 0 Å². The molecule has 0 atom stereocenters. The van der Waals surface area contributed by atoms with Gasteiger partial charge in [0.25, 0.3) is 0 Å². The van der Waals surface area contributed by atoms with Crippen LogP contribution in [0.5, 0.6) is 0 Å². The highest BCUT2D eigenvalue weighted by Crippen LogP contribution is 2.41. The van der Waals surface area contributed by atoms with Gasteiger partial charge in [0.05, 0.1) is 12.2 Å². The zero-order chi connectivity index (χ0) is 18.2. The van der Waals surface area contributed by atoms with Gasteiger partial charge in [-0.25, -0.2) is 0 Å². The zero-order valence-electron chi connectivity index (χ0n) is 15.9. The van der Waals surface area contributed by atoms with E-state index in [1.165, 1.54) is 48.1 Å². The first-order chi connectivity index (χ1) is 13.3. The molecule has 0 spiro atoms. The first kappa shape index (κ1) is 16.7. The Morgan fingerprint density at radius 3 is 2.44 bits per heavy atom. The summed E-state index contributed by atoms with van der Waals surface area (Å²) in [7, 11) is 0. The summed E-state index contributed by atoms with van der Waals surface area (Å²) in [5.41, 5.74) is 5.53. The summed E-state index contributed by atoms with van der Waals surface area (Å²) in [5.74, 6) is 3.38. The summed E-state index contributed by atoms with van der Waals surface area (Å²) in [5, 5.41) is 12.7. The van der Waals surface area contributed by atoms with Crippen LogP contribution in [0.1, 0.15) is 65.9 Å². The number of nitrogens with one attached hydrogen (secondary N) is 1. The van der Waals surface area contributed by atoms with E-state index in [0.29, 0.717) is 11.8 Å². The minimum absolute atomic E-state index is 0.498. The average Bonchev–Trinajstić information content (AvgIpc) is 3.04. The van der Waals surface area contributed by atoms with Gasteiger partial charge in [-0.1, -0.05) is 42.5 Å². The van der Waals surface area contributed by atoms with E-state index >= 15 is 0 Å². The molecule has 5 rings (SSSR count). The molecule has 1 aromatic heterocycles. The van der Waals surface area contributed by atoms with Crippen LogP contribution in [0.25, 0.3) is 5.69 Å². The Morgan fingerprint density at radius 2 is 1.59 bits per heavy atom. The lowest BCUT2D eigenvalue weighted by molar-refractivity contribution is 0.381. The zero-order valence-corrected chi connectivity index (χ0v) is 15.9. The monoisotopic (exact) mass is 358 g/mol. The van der Waals surface area contributed by atoms with Crippen LogP contribution in [0.3, 0.4) is 0 Å². The molecule has 4 nitrogen and oxygen atoms in total. The standard InChI is InChI=1S/C23H26N4/c1-16-6-2-4-8-20(16)17-10-12-18(13-11-17)23-26-25-22-15-24-14-19-7-3-5-9-21(19)27(22)23/h2-9,17-18,24H,10-15H2,1H3. The van der Waals surface area contributed by atoms with E-state index in [2.05, 4.69) is 75.5 Å². The van der Waals surface area contributed by atoms with Crippen molar-refractivity contribution in [3.05, 3.63) is 76.9 Å². The number of para-hydroxylation sites is 1. The fraction of sp³-hybridized carbons (Fsp3) is 0.391. The van der Waals surface area contributed by atoms with Crippen molar-refractivity contribution in [1.29, 1.82) is 0 Å². The van der Waals surface area contributed by atoms with Crippen LogP contribution < -0.4 is 5.32 Å². The Balaban J connectivity index is 1.43. The third-order valence-electron chi connectivity index (χ3n) is 6.31. The second-order valence-corrected chi connectivity index (χ2v) is 7.95. The summed E-state index contributed by atoms with van der Waals surface area (Å²) in [6, 6.07) is 17.5. The number of hydrogen-bond acceptors (Lipinski definition) is 3. The first-order valence-electron chi connectivity index (χ1n) is 10.1. The molecule has 2 heterocycles. The lowest BCUT2D eigenvalue weighted by Crippen LogP contribution is -2.17. The predicted molar refractivity (Wildman–Crippen MR) is 107 cm³/mol. The van der Waals surface area contributed by atoms with Gasteiger partial charge in [0.15, 0.2) is 5.82 Å². The molecule has 1 fully saturated rings. The third-order valence-corrected chi connectivity index (χ3v) is 6.31. The molecule has 0 unspecified atom stereocenters. The van der Waals surface area contributed by atoms with Gasteiger partial charge in [-0.2, -0.15) is 0 Å². The van der Waals surface area contributed by atoms with Gasteiger partial charge in [0.2, 0.25) is 0 Å². The number of aryl methyl sites for hydroxylation is 1. The van der Waals surface area contributed by atoms with Crippen molar-refractivity contribution in [1.82, 2.24) is 20.1 Å². The van der Waals surface area contributed by atoms with Gasteiger partial charge in [-0.15, -0.1) is 10.2 Å². The summed E-state index contributed by atoms with van der Waals surface area (Å²) < 4.78 is 2.33. The molecule has 0 amide bonds. The van der Waals surface area contributed by atoms with Crippen molar-refractivity contribution < 1.29 is 0 Å². The normalized spacial score (nSPS) is 22.0. The van der Waals surface area contributed by atoms with E-state index in [9.17, 15) is 0 Å². The number of nitrogens with zero attached hydrogens (tertiary/aromatic N) is 3. The summed E-state index contributed by atoms with van der Waals surface area (Å²) >= 11 is 0. The van der Waals surface area contributed by atoms with Gasteiger partial charge >= 0.3 is 0 Å². The quantitative estimate of drug-likeness (QED) is 0.727. The Labute approximate surface area is 160 Å². The van der Waals surface area contributed by atoms with Crippen LogP contribution in [0.2, 0.25) is 0 Å². The summed E-state index contributed by atoms with van der Waals surface area (Å²) in [4.78, 5) is 0. The Morgan fingerprint density at radius 1 is 0.852 bits per heavy atom. The Bertz CT molecular complexity index is 951. The lowest BCUT2D eigenvalue weighted by atomic mass is 9.77. The second kappa shape index (κ2) is 6.93. The molecule has 2 aromatic carbocycles. The molecule has 138 valence electrons. The summed E-state index contributed by atoms with van der Waals surface area (Å²) in [6.07, 6.45) is 4.84. The Kier molecular flexibility index (Phi) is 4.29. The SMILES string of the molecule is Cc1ccccc1C1CCC(c2nnc3n2-c2ccccc2CNC3)CC1. The first-order valence-corrected chi connectivity index (χ1v) is 10.1. The summed E-state index contributed by atoms with van der Waals surface area (Å²) in [6.45, 7) is 3.91. The molecule has 3 aromatic rings. The molecule has 0 radical (unpaired) electrons. The van der Waals surface area contributed by atoms with Crippen LogP contribution in [0, 0.1) is 6.92 Å². The van der Waals surface area contributed by atoms with Crippen molar-refractivity contribution in [3.8, 4) is 5.69 Å². The molecule has 1 aliphatic heterocycles. The fourth-order valence-corrected chi connectivity index (χ4v) is 4.87. The second-order valence-electron chi connectivity index (χ2n) is 7.95. The van der Waals surface area contributed by atoms with Gasteiger partial charge in [-0.05, 0) is 61.3 Å². The number of fused-ring (bicyclic) bond motifs is 3. The number of aromatic nitrogens is 3. The third kappa shape index (κ3) is 2.98. The van der Waals surface area contributed by atoms with Crippen molar-refractivity contribution in [3.63, 3.8) is 0 Å². The minimum atomic E-state index is 0.498. The molecular formula is C23H26N4. The molecular weight excluding hydrogens is 332 g/mol. The number of rotatable bonds is 2. The van der Waals surface area contributed by atoms with Crippen molar-refractivity contribution >= 4 is 0 Å². The van der Waals surface area contributed by atoms with Crippen LogP contribution in [0.15, 0.2) is 48.5 Å². The molecule has 1 saturated carbocycles. The van der Waals surface area contributed by atoms with E-state index in [4.69, 9.17) is 0 Å². The molecule has 0 saturated heterocycles. The number of hydrogen-bond donors (Lipinski definition) is 1. The maximum Gasteiger partial charge on any atom is 0.151 e. The van der Waals surface area contributed by atoms with Crippen LogP contribution in [-0.4, -0.2) is 14.8 Å². The van der Waals surface area contributed by atoms with Crippen LogP contribution in [0.4, 0.5) is 0 Å².